The normalized spacial score (nSPS) is 15.8. The lowest BCUT2D eigenvalue weighted by Crippen LogP contribution is -1.93. The van der Waals surface area contributed by atoms with Crippen LogP contribution in [-0.2, 0) is 4.79 Å². The van der Waals surface area contributed by atoms with E-state index in [1.54, 1.807) is 24.3 Å². The van der Waals surface area contributed by atoms with Crippen molar-refractivity contribution in [3.63, 3.8) is 0 Å². The number of phenolic OH excluding ortho intramolecular Hbond substituents is 1. The predicted octanol–water partition coefficient (Wildman–Crippen LogP) is 3.85. The third-order valence-corrected chi connectivity index (χ3v) is 4.26. The summed E-state index contributed by atoms with van der Waals surface area (Å²) < 4.78 is 5.36. The number of rotatable bonds is 4. The molecule has 0 spiro atoms. The van der Waals surface area contributed by atoms with Gasteiger partial charge in [0, 0.05) is 5.56 Å². The molecule has 4 nitrogen and oxygen atoms in total. The largest absolute Gasteiger partial charge is 0.504 e. The Morgan fingerprint density at radius 1 is 1.22 bits per heavy atom. The van der Waals surface area contributed by atoms with Gasteiger partial charge >= 0.3 is 0 Å². The van der Waals surface area contributed by atoms with Crippen molar-refractivity contribution < 1.29 is 14.6 Å². The van der Waals surface area contributed by atoms with Crippen LogP contribution in [0.1, 0.15) is 18.1 Å². The molecule has 0 bridgehead atoms. The second-order valence-corrected chi connectivity index (χ2v) is 5.89. The van der Waals surface area contributed by atoms with Crippen molar-refractivity contribution in [3.8, 4) is 11.5 Å². The lowest BCUT2D eigenvalue weighted by Gasteiger charge is -2.06. The van der Waals surface area contributed by atoms with Crippen molar-refractivity contribution in [1.29, 1.82) is 0 Å². The first kappa shape index (κ1) is 15.4. The van der Waals surface area contributed by atoms with E-state index in [9.17, 15) is 9.90 Å². The number of aliphatic imine (C=N–C) groups is 1. The summed E-state index contributed by atoms with van der Waals surface area (Å²) in [5, 5.41) is 10.4. The van der Waals surface area contributed by atoms with E-state index in [0.29, 0.717) is 22.3 Å². The van der Waals surface area contributed by atoms with Crippen LogP contribution in [0.4, 0.5) is 0 Å². The highest BCUT2D eigenvalue weighted by Gasteiger charge is 2.22. The van der Waals surface area contributed by atoms with Gasteiger partial charge in [0.1, 0.15) is 5.04 Å². The van der Waals surface area contributed by atoms with E-state index < -0.39 is 0 Å². The number of thioether (sulfide) groups is 1. The minimum Gasteiger partial charge on any atom is -0.504 e. The number of carbonyl (C=O) groups is 1. The van der Waals surface area contributed by atoms with Gasteiger partial charge in [-0.25, -0.2) is 4.99 Å². The van der Waals surface area contributed by atoms with Crippen LogP contribution in [0.2, 0.25) is 0 Å². The monoisotopic (exact) mass is 325 g/mol. The smallest absolute Gasteiger partial charge is 0.284 e. The molecule has 0 saturated carbocycles. The van der Waals surface area contributed by atoms with Crippen LogP contribution in [0.3, 0.4) is 0 Å². The van der Waals surface area contributed by atoms with Crippen molar-refractivity contribution in [1.82, 2.24) is 0 Å². The zero-order chi connectivity index (χ0) is 16.2. The van der Waals surface area contributed by atoms with E-state index in [-0.39, 0.29) is 11.7 Å². The molecule has 2 aromatic rings. The molecule has 1 aliphatic heterocycles. The lowest BCUT2D eigenvalue weighted by atomic mass is 10.2. The third kappa shape index (κ3) is 3.46. The van der Waals surface area contributed by atoms with Crippen LogP contribution in [0.25, 0.3) is 6.08 Å². The van der Waals surface area contributed by atoms with Gasteiger partial charge in [-0.2, -0.15) is 0 Å². The molecule has 0 radical (unpaired) electrons. The highest BCUT2D eigenvalue weighted by molar-refractivity contribution is 8.19. The van der Waals surface area contributed by atoms with E-state index >= 15 is 0 Å². The van der Waals surface area contributed by atoms with E-state index in [0.717, 1.165) is 11.1 Å². The molecule has 1 N–H and O–H groups in total. The van der Waals surface area contributed by atoms with Crippen LogP contribution in [-0.4, -0.2) is 22.7 Å². The third-order valence-electron chi connectivity index (χ3n) is 3.22. The summed E-state index contributed by atoms with van der Waals surface area (Å²) in [6.07, 6.45) is 1.76. The number of ether oxygens (including phenoxy) is 1. The van der Waals surface area contributed by atoms with Gasteiger partial charge in [-0.05, 0) is 30.7 Å². The second kappa shape index (κ2) is 6.71. The summed E-state index contributed by atoms with van der Waals surface area (Å²) in [5.74, 6) is 0.238. The van der Waals surface area contributed by atoms with Crippen LogP contribution in [0.15, 0.2) is 58.4 Å². The van der Waals surface area contributed by atoms with E-state index in [2.05, 4.69) is 4.99 Å². The molecule has 5 heteroatoms. The first-order valence-electron chi connectivity index (χ1n) is 7.21. The highest BCUT2D eigenvalue weighted by Crippen LogP contribution is 2.33. The average molecular weight is 325 g/mol. The van der Waals surface area contributed by atoms with Crippen molar-refractivity contribution in [2.24, 2.45) is 4.99 Å². The SMILES string of the molecule is CCOc1cc(/C=C2\SC(c3ccccc3)=NC2=O)ccc1O. The highest BCUT2D eigenvalue weighted by atomic mass is 32.2. The Morgan fingerprint density at radius 2 is 2.00 bits per heavy atom. The fourth-order valence-electron chi connectivity index (χ4n) is 2.16. The van der Waals surface area contributed by atoms with Gasteiger partial charge in [-0.15, -0.1) is 0 Å². The number of amides is 1. The Kier molecular flexibility index (Phi) is 4.48. The average Bonchev–Trinajstić information content (AvgIpc) is 2.93. The molecule has 116 valence electrons. The Labute approximate surface area is 138 Å². The Morgan fingerprint density at radius 3 is 2.74 bits per heavy atom. The Balaban J connectivity index is 1.85. The van der Waals surface area contributed by atoms with Crippen molar-refractivity contribution in [3.05, 3.63) is 64.6 Å². The maximum Gasteiger partial charge on any atom is 0.284 e. The van der Waals surface area contributed by atoms with Gasteiger partial charge in [0.2, 0.25) is 0 Å². The van der Waals surface area contributed by atoms with Crippen LogP contribution in [0, 0.1) is 0 Å². The second-order valence-electron chi connectivity index (χ2n) is 4.86. The van der Waals surface area contributed by atoms with Gasteiger partial charge in [-0.1, -0.05) is 48.2 Å². The predicted molar refractivity (Wildman–Crippen MR) is 92.8 cm³/mol. The Hall–Kier alpha value is -2.53. The lowest BCUT2D eigenvalue weighted by molar-refractivity contribution is -0.113. The van der Waals surface area contributed by atoms with E-state index in [1.165, 1.54) is 11.8 Å². The molecular weight excluding hydrogens is 310 g/mol. The number of carbonyl (C=O) groups excluding carboxylic acids is 1. The molecule has 0 atom stereocenters. The molecule has 3 rings (SSSR count). The molecular formula is C18H15NO3S. The van der Waals surface area contributed by atoms with Crippen LogP contribution < -0.4 is 4.74 Å². The Bertz CT molecular complexity index is 797. The summed E-state index contributed by atoms with van der Waals surface area (Å²) in [7, 11) is 0. The van der Waals surface area contributed by atoms with Gasteiger partial charge in [-0.3, -0.25) is 4.79 Å². The first-order valence-corrected chi connectivity index (χ1v) is 8.03. The summed E-state index contributed by atoms with van der Waals surface area (Å²) in [6.45, 7) is 2.31. The van der Waals surface area contributed by atoms with E-state index in [1.807, 2.05) is 37.3 Å². The van der Waals surface area contributed by atoms with E-state index in [4.69, 9.17) is 4.74 Å². The first-order chi connectivity index (χ1) is 11.2. The molecule has 1 amide bonds. The molecule has 1 aliphatic rings. The number of aromatic hydroxyl groups is 1. The summed E-state index contributed by atoms with van der Waals surface area (Å²) >= 11 is 1.35. The number of benzene rings is 2. The van der Waals surface area contributed by atoms with Crippen LogP contribution >= 0.6 is 11.8 Å². The summed E-state index contributed by atoms with van der Waals surface area (Å²) in [5.41, 5.74) is 1.71. The van der Waals surface area contributed by atoms with Gasteiger partial charge in [0.05, 0.1) is 11.5 Å². The summed E-state index contributed by atoms with van der Waals surface area (Å²) in [6, 6.07) is 14.6. The van der Waals surface area contributed by atoms with Crippen molar-refractivity contribution >= 4 is 28.8 Å². The fraction of sp³-hybridized carbons (Fsp3) is 0.111. The molecule has 23 heavy (non-hydrogen) atoms. The quantitative estimate of drug-likeness (QED) is 0.867. The molecule has 0 aliphatic carbocycles. The number of hydrogen-bond donors (Lipinski definition) is 1. The zero-order valence-corrected chi connectivity index (χ0v) is 13.3. The number of hydrogen-bond acceptors (Lipinski definition) is 4. The molecule has 0 unspecified atom stereocenters. The zero-order valence-electron chi connectivity index (χ0n) is 12.5. The van der Waals surface area contributed by atoms with Gasteiger partial charge in [0.25, 0.3) is 5.91 Å². The van der Waals surface area contributed by atoms with Gasteiger partial charge in [0.15, 0.2) is 11.5 Å². The molecule has 0 aromatic heterocycles. The number of nitrogens with zero attached hydrogens (tertiary/aromatic N) is 1. The topological polar surface area (TPSA) is 58.9 Å². The molecule has 2 aromatic carbocycles. The maximum atomic E-state index is 12.1. The number of phenols is 1. The molecule has 1 heterocycles. The minimum absolute atomic E-state index is 0.0839. The molecule has 0 saturated heterocycles. The van der Waals surface area contributed by atoms with Crippen molar-refractivity contribution in [2.45, 2.75) is 6.92 Å². The van der Waals surface area contributed by atoms with Gasteiger partial charge < -0.3 is 9.84 Å². The minimum atomic E-state index is -0.250. The maximum absolute atomic E-state index is 12.1. The van der Waals surface area contributed by atoms with Crippen LogP contribution in [0.5, 0.6) is 11.5 Å². The fourth-order valence-corrected chi connectivity index (χ4v) is 3.08. The standard InChI is InChI=1S/C18H15NO3S/c1-2-22-15-10-12(8-9-14(15)20)11-16-17(21)19-18(23-16)13-6-4-3-5-7-13/h3-11,20H,2H2,1H3/b16-11-. The van der Waals surface area contributed by atoms with Crippen molar-refractivity contribution in [2.75, 3.05) is 6.61 Å². The molecule has 0 fully saturated rings. The summed E-state index contributed by atoms with van der Waals surface area (Å²) in [4.78, 5) is 16.7.